The summed E-state index contributed by atoms with van der Waals surface area (Å²) in [5.41, 5.74) is 4.13. The SMILES string of the molecule is COc1cccc(-c2nc(C(=O)NCCc3cccc(F)c3)cc3c2[nH]c2ccccc23)c1OC. The fraction of sp³-hybridized carbons (Fsp3) is 0.143. The van der Waals surface area contributed by atoms with E-state index in [2.05, 4.69) is 10.3 Å². The number of aromatic amines is 1. The van der Waals surface area contributed by atoms with Crippen molar-refractivity contribution in [3.63, 3.8) is 0 Å². The summed E-state index contributed by atoms with van der Waals surface area (Å²) in [7, 11) is 3.16. The zero-order valence-electron chi connectivity index (χ0n) is 19.4. The van der Waals surface area contributed by atoms with Crippen LogP contribution in [0.2, 0.25) is 0 Å². The summed E-state index contributed by atoms with van der Waals surface area (Å²) < 4.78 is 24.6. The molecule has 5 rings (SSSR count). The summed E-state index contributed by atoms with van der Waals surface area (Å²) in [4.78, 5) is 21.3. The third-order valence-electron chi connectivity index (χ3n) is 5.98. The Morgan fingerprint density at radius 2 is 1.80 bits per heavy atom. The summed E-state index contributed by atoms with van der Waals surface area (Å²) in [6, 6.07) is 21.6. The number of fused-ring (bicyclic) bond motifs is 3. The van der Waals surface area contributed by atoms with Crippen LogP contribution in [0.1, 0.15) is 16.1 Å². The molecule has 0 bridgehead atoms. The van der Waals surface area contributed by atoms with Gasteiger partial charge >= 0.3 is 0 Å². The largest absolute Gasteiger partial charge is 0.493 e. The minimum Gasteiger partial charge on any atom is -0.493 e. The van der Waals surface area contributed by atoms with Gasteiger partial charge in [-0.25, -0.2) is 9.37 Å². The summed E-state index contributed by atoms with van der Waals surface area (Å²) in [6.07, 6.45) is 0.509. The highest BCUT2D eigenvalue weighted by molar-refractivity contribution is 6.13. The first-order chi connectivity index (χ1) is 17.1. The molecule has 0 unspecified atom stereocenters. The number of hydrogen-bond donors (Lipinski definition) is 2. The zero-order chi connectivity index (χ0) is 24.4. The molecule has 1 amide bonds. The molecule has 0 spiro atoms. The van der Waals surface area contributed by atoms with E-state index >= 15 is 0 Å². The fourth-order valence-corrected chi connectivity index (χ4v) is 4.33. The van der Waals surface area contributed by atoms with Gasteiger partial charge in [-0.1, -0.05) is 36.4 Å². The number of nitrogens with zero attached hydrogens (tertiary/aromatic N) is 1. The van der Waals surface area contributed by atoms with Crippen molar-refractivity contribution in [2.24, 2.45) is 0 Å². The number of methoxy groups -OCH3 is 2. The predicted octanol–water partition coefficient (Wildman–Crippen LogP) is 5.51. The van der Waals surface area contributed by atoms with Gasteiger partial charge in [-0.3, -0.25) is 4.79 Å². The number of H-pyrrole nitrogens is 1. The molecule has 35 heavy (non-hydrogen) atoms. The first kappa shape index (κ1) is 22.4. The van der Waals surface area contributed by atoms with Crippen molar-refractivity contribution in [3.05, 3.63) is 89.9 Å². The molecule has 6 nitrogen and oxygen atoms in total. The smallest absolute Gasteiger partial charge is 0.269 e. The third-order valence-corrected chi connectivity index (χ3v) is 5.98. The van der Waals surface area contributed by atoms with E-state index in [1.54, 1.807) is 26.4 Å². The molecule has 2 N–H and O–H groups in total. The van der Waals surface area contributed by atoms with Crippen LogP contribution >= 0.6 is 0 Å². The molecule has 7 heteroatoms. The van der Waals surface area contributed by atoms with Gasteiger partial charge < -0.3 is 19.8 Å². The average molecular weight is 470 g/mol. The van der Waals surface area contributed by atoms with E-state index in [1.807, 2.05) is 48.5 Å². The van der Waals surface area contributed by atoms with Gasteiger partial charge in [0.1, 0.15) is 11.5 Å². The fourth-order valence-electron chi connectivity index (χ4n) is 4.33. The zero-order valence-corrected chi connectivity index (χ0v) is 19.4. The Bertz CT molecular complexity index is 1540. The van der Waals surface area contributed by atoms with Crippen LogP contribution in [0, 0.1) is 5.82 Å². The van der Waals surface area contributed by atoms with E-state index in [4.69, 9.17) is 14.5 Å². The molecular weight excluding hydrogens is 445 g/mol. The lowest BCUT2D eigenvalue weighted by Crippen LogP contribution is -2.26. The van der Waals surface area contributed by atoms with Crippen molar-refractivity contribution in [3.8, 4) is 22.8 Å². The van der Waals surface area contributed by atoms with E-state index in [1.165, 1.54) is 12.1 Å². The normalized spacial score (nSPS) is 11.1. The van der Waals surface area contributed by atoms with E-state index in [0.717, 1.165) is 27.4 Å². The average Bonchev–Trinajstić information content (AvgIpc) is 3.26. The molecule has 0 aliphatic heterocycles. The van der Waals surface area contributed by atoms with Crippen molar-refractivity contribution < 1.29 is 18.7 Å². The molecule has 5 aromatic rings. The summed E-state index contributed by atoms with van der Waals surface area (Å²) in [6.45, 7) is 0.355. The maximum Gasteiger partial charge on any atom is 0.269 e. The number of carbonyl (C=O) groups is 1. The van der Waals surface area contributed by atoms with Gasteiger partial charge in [-0.2, -0.15) is 0 Å². The second-order valence-electron chi connectivity index (χ2n) is 8.13. The topological polar surface area (TPSA) is 76.2 Å². The molecule has 0 atom stereocenters. The van der Waals surface area contributed by atoms with Gasteiger partial charge in [-0.05, 0) is 48.4 Å². The minimum atomic E-state index is -0.309. The number of halogens is 1. The van der Waals surface area contributed by atoms with Crippen LogP contribution in [-0.4, -0.2) is 36.6 Å². The first-order valence-corrected chi connectivity index (χ1v) is 11.2. The van der Waals surface area contributed by atoms with Gasteiger partial charge in [0.2, 0.25) is 0 Å². The van der Waals surface area contributed by atoms with E-state index < -0.39 is 0 Å². The standard InChI is InChI=1S/C28H24FN3O3/c1-34-24-12-6-10-20(27(24)35-2)25-26-21(19-9-3-4-11-22(19)31-26)16-23(32-25)28(33)30-14-13-17-7-5-8-18(29)15-17/h3-12,15-16,31H,13-14H2,1-2H3,(H,30,33). The number of benzene rings is 3. The third kappa shape index (κ3) is 4.28. The quantitative estimate of drug-likeness (QED) is 0.330. The lowest BCUT2D eigenvalue weighted by molar-refractivity contribution is 0.0949. The van der Waals surface area contributed by atoms with Crippen LogP contribution in [0.5, 0.6) is 11.5 Å². The molecule has 3 aromatic carbocycles. The Labute approximate surface area is 201 Å². The molecule has 176 valence electrons. The van der Waals surface area contributed by atoms with Crippen molar-refractivity contribution in [2.75, 3.05) is 20.8 Å². The molecule has 0 saturated carbocycles. The molecule has 0 radical (unpaired) electrons. The van der Waals surface area contributed by atoms with Gasteiger partial charge in [0.25, 0.3) is 5.91 Å². The Morgan fingerprint density at radius 3 is 2.60 bits per heavy atom. The molecule has 0 aliphatic rings. The van der Waals surface area contributed by atoms with Crippen molar-refractivity contribution in [1.82, 2.24) is 15.3 Å². The van der Waals surface area contributed by atoms with E-state index in [0.29, 0.717) is 35.7 Å². The number of ether oxygens (including phenoxy) is 2. The highest BCUT2D eigenvalue weighted by Gasteiger charge is 2.20. The molecule has 0 saturated heterocycles. The Balaban J connectivity index is 1.58. The number of carbonyl (C=O) groups excluding carboxylic acids is 1. The Kier molecular flexibility index (Phi) is 6.06. The van der Waals surface area contributed by atoms with Crippen LogP contribution in [0.4, 0.5) is 4.39 Å². The number of hydrogen-bond acceptors (Lipinski definition) is 4. The van der Waals surface area contributed by atoms with Crippen molar-refractivity contribution >= 4 is 27.7 Å². The lowest BCUT2D eigenvalue weighted by Gasteiger charge is -2.14. The summed E-state index contributed by atoms with van der Waals surface area (Å²) >= 11 is 0. The monoisotopic (exact) mass is 469 g/mol. The lowest BCUT2D eigenvalue weighted by atomic mass is 10.0. The molecule has 2 heterocycles. The number of amides is 1. The van der Waals surface area contributed by atoms with Crippen LogP contribution in [0.3, 0.4) is 0 Å². The summed E-state index contributed by atoms with van der Waals surface area (Å²) in [5, 5.41) is 4.78. The van der Waals surface area contributed by atoms with E-state index in [-0.39, 0.29) is 17.4 Å². The van der Waals surface area contributed by atoms with Crippen LogP contribution < -0.4 is 14.8 Å². The molecule has 2 aromatic heterocycles. The first-order valence-electron chi connectivity index (χ1n) is 11.2. The number of rotatable bonds is 7. The second kappa shape index (κ2) is 9.46. The molecule has 0 aliphatic carbocycles. The number of nitrogens with one attached hydrogen (secondary N) is 2. The van der Waals surface area contributed by atoms with Crippen molar-refractivity contribution in [2.45, 2.75) is 6.42 Å². The predicted molar refractivity (Wildman–Crippen MR) is 135 cm³/mol. The van der Waals surface area contributed by atoms with Crippen LogP contribution in [0.25, 0.3) is 33.1 Å². The van der Waals surface area contributed by atoms with Gasteiger partial charge in [-0.15, -0.1) is 0 Å². The molecule has 0 fully saturated rings. The van der Waals surface area contributed by atoms with Crippen molar-refractivity contribution in [1.29, 1.82) is 0 Å². The Morgan fingerprint density at radius 1 is 0.971 bits per heavy atom. The van der Waals surface area contributed by atoms with E-state index in [9.17, 15) is 9.18 Å². The van der Waals surface area contributed by atoms with Gasteiger partial charge in [0, 0.05) is 28.4 Å². The highest BCUT2D eigenvalue weighted by atomic mass is 19.1. The number of pyridine rings is 1. The molecular formula is C28H24FN3O3. The van der Waals surface area contributed by atoms with Crippen LogP contribution in [0.15, 0.2) is 72.8 Å². The minimum absolute atomic E-state index is 0.279. The van der Waals surface area contributed by atoms with Gasteiger partial charge in [0.15, 0.2) is 11.5 Å². The van der Waals surface area contributed by atoms with Crippen LogP contribution in [-0.2, 0) is 6.42 Å². The second-order valence-corrected chi connectivity index (χ2v) is 8.13. The number of aromatic nitrogens is 2. The maximum atomic E-state index is 13.5. The highest BCUT2D eigenvalue weighted by Crippen LogP contribution is 2.41. The Hall–Kier alpha value is -4.39. The summed E-state index contributed by atoms with van der Waals surface area (Å²) in [5.74, 6) is 0.501. The van der Waals surface area contributed by atoms with Gasteiger partial charge in [0.05, 0.1) is 25.4 Å². The maximum absolute atomic E-state index is 13.5. The number of para-hydroxylation sites is 2.